The van der Waals surface area contributed by atoms with Gasteiger partial charge in [0, 0.05) is 19.4 Å². The maximum atomic E-state index is 12.3. The summed E-state index contributed by atoms with van der Waals surface area (Å²) in [6, 6.07) is 0. The molecule has 4 aliphatic carbocycles. The number of carbonyl (C=O) groups is 2. The fourth-order valence-corrected chi connectivity index (χ4v) is 5.60. The predicted octanol–water partition coefficient (Wildman–Crippen LogP) is 3.05. The molecule has 0 unspecified atom stereocenters. The third-order valence-electron chi connectivity index (χ3n) is 5.89. The Morgan fingerprint density at radius 1 is 1.09 bits per heavy atom. The molecule has 4 fully saturated rings. The van der Waals surface area contributed by atoms with Crippen molar-refractivity contribution in [2.45, 2.75) is 64.7 Å². The van der Waals surface area contributed by atoms with E-state index in [4.69, 9.17) is 4.74 Å². The van der Waals surface area contributed by atoms with Gasteiger partial charge in [-0.2, -0.15) is 0 Å². The van der Waals surface area contributed by atoms with Gasteiger partial charge in [-0.1, -0.05) is 0 Å². The number of rotatable bonds is 7. The molecule has 0 aromatic rings. The first kappa shape index (κ1) is 15.8. The maximum absolute atomic E-state index is 12.3. The summed E-state index contributed by atoms with van der Waals surface area (Å²) in [5, 5.41) is 3.01. The highest BCUT2D eigenvalue weighted by Gasteiger charge is 2.51. The highest BCUT2D eigenvalue weighted by Crippen LogP contribution is 2.61. The van der Waals surface area contributed by atoms with Crippen LogP contribution in [0, 0.1) is 23.2 Å². The van der Waals surface area contributed by atoms with Gasteiger partial charge < -0.3 is 10.1 Å². The van der Waals surface area contributed by atoms with Gasteiger partial charge in [-0.05, 0) is 75.0 Å². The molecule has 0 heterocycles. The first-order chi connectivity index (χ1) is 10.6. The van der Waals surface area contributed by atoms with Crippen molar-refractivity contribution in [3.05, 3.63) is 0 Å². The van der Waals surface area contributed by atoms with Crippen LogP contribution in [-0.2, 0) is 14.3 Å². The topological polar surface area (TPSA) is 55.4 Å². The van der Waals surface area contributed by atoms with Crippen molar-refractivity contribution in [2.24, 2.45) is 23.2 Å². The fourth-order valence-electron chi connectivity index (χ4n) is 5.60. The molecule has 1 N–H and O–H groups in total. The molecular formula is C18H29NO3. The standard InChI is InChI=1S/C18H29NO3/c1-2-22-17(21)4-3-5-19-16(20)12-18-9-13-6-14(10-18)8-15(7-13)11-18/h13-15H,2-12H2,1H3,(H,19,20). The van der Waals surface area contributed by atoms with E-state index in [2.05, 4.69) is 5.32 Å². The van der Waals surface area contributed by atoms with Gasteiger partial charge in [0.05, 0.1) is 6.61 Å². The van der Waals surface area contributed by atoms with Crippen molar-refractivity contribution in [3.8, 4) is 0 Å². The van der Waals surface area contributed by atoms with E-state index < -0.39 is 0 Å². The van der Waals surface area contributed by atoms with E-state index in [1.165, 1.54) is 38.5 Å². The minimum atomic E-state index is -0.169. The Morgan fingerprint density at radius 3 is 2.23 bits per heavy atom. The summed E-state index contributed by atoms with van der Waals surface area (Å²) in [6.45, 7) is 2.83. The summed E-state index contributed by atoms with van der Waals surface area (Å²) < 4.78 is 4.89. The lowest BCUT2D eigenvalue weighted by atomic mass is 9.49. The number of hydrogen-bond acceptors (Lipinski definition) is 3. The monoisotopic (exact) mass is 307 g/mol. The van der Waals surface area contributed by atoms with Gasteiger partial charge in [0.15, 0.2) is 0 Å². The number of nitrogens with one attached hydrogen (secondary N) is 1. The number of esters is 1. The molecular weight excluding hydrogens is 278 g/mol. The number of hydrogen-bond donors (Lipinski definition) is 1. The van der Waals surface area contributed by atoms with Gasteiger partial charge in [0.2, 0.25) is 5.91 Å². The summed E-state index contributed by atoms with van der Waals surface area (Å²) >= 11 is 0. The zero-order valence-corrected chi connectivity index (χ0v) is 13.7. The average Bonchev–Trinajstić information content (AvgIpc) is 2.42. The summed E-state index contributed by atoms with van der Waals surface area (Å²) in [5.41, 5.74) is 0.306. The smallest absolute Gasteiger partial charge is 0.305 e. The van der Waals surface area contributed by atoms with E-state index in [-0.39, 0.29) is 11.9 Å². The average molecular weight is 307 g/mol. The Kier molecular flexibility index (Phi) is 4.74. The predicted molar refractivity (Wildman–Crippen MR) is 84.1 cm³/mol. The molecule has 124 valence electrons. The molecule has 4 nitrogen and oxygen atoms in total. The van der Waals surface area contributed by atoms with Crippen LogP contribution in [-0.4, -0.2) is 25.0 Å². The van der Waals surface area contributed by atoms with Crippen molar-refractivity contribution in [1.29, 1.82) is 0 Å². The molecule has 0 spiro atoms. The molecule has 0 radical (unpaired) electrons. The van der Waals surface area contributed by atoms with E-state index in [0.717, 1.165) is 17.8 Å². The molecule has 0 aliphatic heterocycles. The largest absolute Gasteiger partial charge is 0.466 e. The first-order valence-electron chi connectivity index (χ1n) is 9.01. The molecule has 4 bridgehead atoms. The second kappa shape index (κ2) is 6.59. The molecule has 22 heavy (non-hydrogen) atoms. The SMILES string of the molecule is CCOC(=O)CCCNC(=O)CC12CC3CC(CC(C3)C1)C2. The quantitative estimate of drug-likeness (QED) is 0.581. The first-order valence-corrected chi connectivity index (χ1v) is 9.01. The Morgan fingerprint density at radius 2 is 1.68 bits per heavy atom. The van der Waals surface area contributed by atoms with Gasteiger partial charge in [-0.15, -0.1) is 0 Å². The van der Waals surface area contributed by atoms with Crippen LogP contribution < -0.4 is 5.32 Å². The number of amides is 1. The lowest BCUT2D eigenvalue weighted by Gasteiger charge is -2.56. The zero-order valence-electron chi connectivity index (χ0n) is 13.7. The maximum Gasteiger partial charge on any atom is 0.305 e. The van der Waals surface area contributed by atoms with E-state index in [0.29, 0.717) is 37.8 Å². The molecule has 0 saturated heterocycles. The molecule has 0 aromatic carbocycles. The summed E-state index contributed by atoms with van der Waals surface area (Å²) in [7, 11) is 0. The van der Waals surface area contributed by atoms with Crippen LogP contribution in [0.3, 0.4) is 0 Å². The van der Waals surface area contributed by atoms with Gasteiger partial charge in [0.25, 0.3) is 0 Å². The second-order valence-corrected chi connectivity index (χ2v) is 7.85. The lowest BCUT2D eigenvalue weighted by Crippen LogP contribution is -2.48. The van der Waals surface area contributed by atoms with E-state index in [1.807, 2.05) is 6.92 Å². The lowest BCUT2D eigenvalue weighted by molar-refractivity contribution is -0.143. The normalized spacial score (nSPS) is 35.4. The molecule has 4 saturated carbocycles. The van der Waals surface area contributed by atoms with E-state index >= 15 is 0 Å². The second-order valence-electron chi connectivity index (χ2n) is 7.85. The minimum Gasteiger partial charge on any atom is -0.466 e. The third kappa shape index (κ3) is 3.64. The fraction of sp³-hybridized carbons (Fsp3) is 0.889. The molecule has 1 amide bonds. The summed E-state index contributed by atoms with van der Waals surface area (Å²) in [4.78, 5) is 23.5. The Labute approximate surface area is 133 Å². The van der Waals surface area contributed by atoms with Gasteiger partial charge in [-0.25, -0.2) is 0 Å². The van der Waals surface area contributed by atoms with Crippen LogP contribution in [0.4, 0.5) is 0 Å². The van der Waals surface area contributed by atoms with Crippen LogP contribution in [0.15, 0.2) is 0 Å². The van der Waals surface area contributed by atoms with Crippen LogP contribution >= 0.6 is 0 Å². The van der Waals surface area contributed by atoms with Crippen molar-refractivity contribution in [1.82, 2.24) is 5.32 Å². The minimum absolute atomic E-state index is 0.169. The van der Waals surface area contributed by atoms with Crippen molar-refractivity contribution < 1.29 is 14.3 Å². The summed E-state index contributed by atoms with van der Waals surface area (Å²) in [6.07, 6.45) is 9.84. The van der Waals surface area contributed by atoms with Crippen molar-refractivity contribution in [2.75, 3.05) is 13.2 Å². The Balaban J connectivity index is 1.40. The molecule has 4 heteroatoms. The summed E-state index contributed by atoms with van der Waals surface area (Å²) in [5.74, 6) is 2.69. The molecule has 4 rings (SSSR count). The van der Waals surface area contributed by atoms with Crippen molar-refractivity contribution >= 4 is 11.9 Å². The molecule has 0 atom stereocenters. The van der Waals surface area contributed by atoms with Crippen LogP contribution in [0.1, 0.15) is 64.7 Å². The Hall–Kier alpha value is -1.06. The van der Waals surface area contributed by atoms with Crippen LogP contribution in [0.5, 0.6) is 0 Å². The highest BCUT2D eigenvalue weighted by atomic mass is 16.5. The third-order valence-corrected chi connectivity index (χ3v) is 5.89. The van der Waals surface area contributed by atoms with Crippen LogP contribution in [0.25, 0.3) is 0 Å². The highest BCUT2D eigenvalue weighted by molar-refractivity contribution is 5.77. The Bertz CT molecular complexity index is 397. The van der Waals surface area contributed by atoms with Gasteiger partial charge in [0.1, 0.15) is 0 Å². The van der Waals surface area contributed by atoms with E-state index in [1.54, 1.807) is 0 Å². The van der Waals surface area contributed by atoms with E-state index in [9.17, 15) is 9.59 Å². The zero-order chi connectivity index (χ0) is 15.6. The van der Waals surface area contributed by atoms with Gasteiger partial charge in [-0.3, -0.25) is 9.59 Å². The molecule has 4 aliphatic rings. The number of carbonyl (C=O) groups excluding carboxylic acids is 2. The van der Waals surface area contributed by atoms with Crippen molar-refractivity contribution in [3.63, 3.8) is 0 Å². The van der Waals surface area contributed by atoms with Gasteiger partial charge >= 0.3 is 5.97 Å². The number of ether oxygens (including phenoxy) is 1. The van der Waals surface area contributed by atoms with Crippen LogP contribution in [0.2, 0.25) is 0 Å². The molecule has 0 aromatic heterocycles.